The zero-order valence-corrected chi connectivity index (χ0v) is 16.6. The number of carbonyl (C=O) groups excluding carboxylic acids is 1. The highest BCUT2D eigenvalue weighted by molar-refractivity contribution is 7.92. The molecule has 2 N–H and O–H groups in total. The summed E-state index contributed by atoms with van der Waals surface area (Å²) in [4.78, 5) is 20.6. The third kappa shape index (κ3) is 3.97. The van der Waals surface area contributed by atoms with E-state index in [1.807, 2.05) is 31.2 Å². The number of carbonyl (C=O) groups is 1. The third-order valence-electron chi connectivity index (χ3n) is 4.97. The Kier molecular flexibility index (Phi) is 4.79. The molecular formula is C21H20N4O3S. The summed E-state index contributed by atoms with van der Waals surface area (Å²) in [5, 5.41) is 2.91. The van der Waals surface area contributed by atoms with E-state index in [2.05, 4.69) is 20.0 Å². The van der Waals surface area contributed by atoms with Crippen molar-refractivity contribution in [1.82, 2.24) is 9.97 Å². The van der Waals surface area contributed by atoms with Crippen molar-refractivity contribution in [2.45, 2.75) is 30.1 Å². The Balaban J connectivity index is 1.48. The van der Waals surface area contributed by atoms with Gasteiger partial charge in [-0.1, -0.05) is 29.8 Å². The second-order valence-electron chi connectivity index (χ2n) is 7.11. The van der Waals surface area contributed by atoms with E-state index in [1.165, 1.54) is 24.5 Å². The Morgan fingerprint density at radius 2 is 1.69 bits per heavy atom. The van der Waals surface area contributed by atoms with Crippen LogP contribution in [0.1, 0.15) is 24.0 Å². The van der Waals surface area contributed by atoms with Gasteiger partial charge in [0.05, 0.1) is 10.3 Å². The molecule has 0 spiro atoms. The second kappa shape index (κ2) is 7.29. The van der Waals surface area contributed by atoms with Crippen LogP contribution in [-0.4, -0.2) is 24.3 Å². The smallest absolute Gasteiger partial charge is 0.264 e. The first-order valence-corrected chi connectivity index (χ1v) is 10.7. The predicted octanol–water partition coefficient (Wildman–Crippen LogP) is 3.26. The number of rotatable bonds is 6. The topological polar surface area (TPSA) is 101 Å². The van der Waals surface area contributed by atoms with Gasteiger partial charge in [0.1, 0.15) is 0 Å². The van der Waals surface area contributed by atoms with Gasteiger partial charge in [-0.3, -0.25) is 4.79 Å². The summed E-state index contributed by atoms with van der Waals surface area (Å²) in [6.45, 7) is 2.01. The van der Waals surface area contributed by atoms with Crippen molar-refractivity contribution in [1.29, 1.82) is 0 Å². The molecule has 3 aromatic rings. The molecule has 1 heterocycles. The molecule has 1 aromatic heterocycles. The van der Waals surface area contributed by atoms with Gasteiger partial charge in [-0.2, -0.15) is 0 Å². The van der Waals surface area contributed by atoms with Crippen LogP contribution in [0.2, 0.25) is 0 Å². The summed E-state index contributed by atoms with van der Waals surface area (Å²) >= 11 is 0. The Morgan fingerprint density at radius 1 is 1.00 bits per heavy atom. The summed E-state index contributed by atoms with van der Waals surface area (Å²) in [6.07, 6.45) is 4.50. The van der Waals surface area contributed by atoms with Gasteiger partial charge >= 0.3 is 0 Å². The zero-order chi connectivity index (χ0) is 20.5. The molecule has 0 bridgehead atoms. The van der Waals surface area contributed by atoms with E-state index in [0.29, 0.717) is 5.69 Å². The van der Waals surface area contributed by atoms with Gasteiger partial charge in [0.25, 0.3) is 10.0 Å². The molecule has 0 radical (unpaired) electrons. The Bertz CT molecular complexity index is 1140. The molecule has 29 heavy (non-hydrogen) atoms. The van der Waals surface area contributed by atoms with Crippen LogP contribution in [0.3, 0.4) is 0 Å². The van der Waals surface area contributed by atoms with Gasteiger partial charge in [0, 0.05) is 18.1 Å². The lowest BCUT2D eigenvalue weighted by Crippen LogP contribution is -2.27. The summed E-state index contributed by atoms with van der Waals surface area (Å²) < 4.78 is 27.2. The Morgan fingerprint density at radius 3 is 2.31 bits per heavy atom. The van der Waals surface area contributed by atoms with Crippen molar-refractivity contribution in [2.24, 2.45) is 0 Å². The number of nitrogens with one attached hydrogen (secondary N) is 2. The van der Waals surface area contributed by atoms with Crippen LogP contribution in [0.5, 0.6) is 0 Å². The largest absolute Gasteiger partial charge is 0.325 e. The normalized spacial score (nSPS) is 14.8. The number of aryl methyl sites for hydroxylation is 1. The molecule has 1 aliphatic carbocycles. The number of sulfonamides is 1. The van der Waals surface area contributed by atoms with Crippen molar-refractivity contribution in [3.8, 4) is 0 Å². The van der Waals surface area contributed by atoms with E-state index < -0.39 is 15.4 Å². The zero-order valence-electron chi connectivity index (χ0n) is 15.8. The molecule has 7 nitrogen and oxygen atoms in total. The average molecular weight is 408 g/mol. The highest BCUT2D eigenvalue weighted by Crippen LogP contribution is 2.49. The van der Waals surface area contributed by atoms with Crippen LogP contribution in [0, 0.1) is 6.92 Å². The summed E-state index contributed by atoms with van der Waals surface area (Å²) in [5.74, 6) is -0.0757. The van der Waals surface area contributed by atoms with E-state index in [9.17, 15) is 13.2 Å². The molecule has 0 atom stereocenters. The van der Waals surface area contributed by atoms with Gasteiger partial charge in [-0.05, 0) is 55.7 Å². The summed E-state index contributed by atoms with van der Waals surface area (Å²) in [5.41, 5.74) is 2.18. The fourth-order valence-corrected chi connectivity index (χ4v) is 4.17. The quantitative estimate of drug-likeness (QED) is 0.652. The minimum absolute atomic E-state index is 0.00120. The van der Waals surface area contributed by atoms with E-state index >= 15 is 0 Å². The fraction of sp³-hybridized carbons (Fsp3) is 0.190. The standard InChI is InChI=1S/C21H20N4O3S/c1-15-4-2-5-16(14-15)21(10-11-21)19(26)24-17-6-8-18(9-7-17)29(27,28)25-20-22-12-3-13-23-20/h2-9,12-14H,10-11H2,1H3,(H,24,26)(H,22,23,25). The van der Waals surface area contributed by atoms with E-state index in [0.717, 1.165) is 24.0 Å². The number of nitrogens with zero attached hydrogens (tertiary/aromatic N) is 2. The molecule has 0 unspecified atom stereocenters. The molecule has 1 fully saturated rings. The molecular weight excluding hydrogens is 388 g/mol. The lowest BCUT2D eigenvalue weighted by Gasteiger charge is -2.16. The van der Waals surface area contributed by atoms with Crippen molar-refractivity contribution in [3.05, 3.63) is 78.1 Å². The number of benzene rings is 2. The van der Waals surface area contributed by atoms with Crippen LogP contribution >= 0.6 is 0 Å². The predicted molar refractivity (Wildman–Crippen MR) is 110 cm³/mol. The summed E-state index contributed by atoms with van der Waals surface area (Å²) in [6, 6.07) is 15.6. The van der Waals surface area contributed by atoms with Gasteiger partial charge in [-0.15, -0.1) is 0 Å². The maximum atomic E-state index is 12.9. The average Bonchev–Trinajstić information content (AvgIpc) is 3.51. The second-order valence-corrected chi connectivity index (χ2v) is 8.79. The molecule has 4 rings (SSSR count). The molecule has 1 amide bonds. The Hall–Kier alpha value is -3.26. The minimum atomic E-state index is -3.81. The van der Waals surface area contributed by atoms with Crippen molar-refractivity contribution >= 4 is 27.6 Å². The minimum Gasteiger partial charge on any atom is -0.325 e. The highest BCUT2D eigenvalue weighted by Gasteiger charge is 2.51. The van der Waals surface area contributed by atoms with Crippen LogP contribution in [0.15, 0.2) is 71.9 Å². The number of aromatic nitrogens is 2. The van der Waals surface area contributed by atoms with Crippen LogP contribution in [0.4, 0.5) is 11.6 Å². The maximum absolute atomic E-state index is 12.9. The number of anilines is 2. The van der Waals surface area contributed by atoms with Crippen molar-refractivity contribution < 1.29 is 13.2 Å². The fourth-order valence-electron chi connectivity index (χ4n) is 3.21. The molecule has 0 saturated heterocycles. The van der Waals surface area contributed by atoms with Crippen molar-refractivity contribution in [3.63, 3.8) is 0 Å². The number of amides is 1. The van der Waals surface area contributed by atoms with Crippen molar-refractivity contribution in [2.75, 3.05) is 10.0 Å². The molecule has 8 heteroatoms. The van der Waals surface area contributed by atoms with Gasteiger partial charge in [-0.25, -0.2) is 23.1 Å². The van der Waals surface area contributed by atoms with E-state index in [4.69, 9.17) is 0 Å². The number of hydrogen-bond acceptors (Lipinski definition) is 5. The first-order chi connectivity index (χ1) is 13.9. The first kappa shape index (κ1) is 19.1. The molecule has 1 aliphatic rings. The monoisotopic (exact) mass is 408 g/mol. The van der Waals surface area contributed by atoms with Crippen LogP contribution in [-0.2, 0) is 20.2 Å². The summed E-state index contributed by atoms with van der Waals surface area (Å²) in [7, 11) is -3.81. The van der Waals surface area contributed by atoms with Gasteiger partial charge < -0.3 is 5.32 Å². The first-order valence-electron chi connectivity index (χ1n) is 9.18. The van der Waals surface area contributed by atoms with Crippen LogP contribution in [0.25, 0.3) is 0 Å². The molecule has 2 aromatic carbocycles. The van der Waals surface area contributed by atoms with Gasteiger partial charge in [0.2, 0.25) is 11.9 Å². The van der Waals surface area contributed by atoms with E-state index in [1.54, 1.807) is 18.2 Å². The SMILES string of the molecule is Cc1cccc(C2(C(=O)Nc3ccc(S(=O)(=O)Nc4ncccn4)cc3)CC2)c1. The van der Waals surface area contributed by atoms with Gasteiger partial charge in [0.15, 0.2) is 0 Å². The van der Waals surface area contributed by atoms with Crippen LogP contribution < -0.4 is 10.0 Å². The van der Waals surface area contributed by atoms with E-state index in [-0.39, 0.29) is 16.8 Å². The maximum Gasteiger partial charge on any atom is 0.264 e. The third-order valence-corrected chi connectivity index (χ3v) is 6.31. The molecule has 1 saturated carbocycles. The Labute approximate surface area is 169 Å². The lowest BCUT2D eigenvalue weighted by atomic mass is 9.93. The highest BCUT2D eigenvalue weighted by atomic mass is 32.2. The molecule has 0 aliphatic heterocycles. The number of hydrogen-bond donors (Lipinski definition) is 2. The lowest BCUT2D eigenvalue weighted by molar-refractivity contribution is -0.118. The molecule has 148 valence electrons.